The predicted octanol–water partition coefficient (Wildman–Crippen LogP) is 5.18. The average Bonchev–Trinajstić information content (AvgIpc) is 3.03. The van der Waals surface area contributed by atoms with Crippen molar-refractivity contribution in [1.29, 1.82) is 0 Å². The zero-order chi connectivity index (χ0) is 18.2. The van der Waals surface area contributed by atoms with Crippen LogP contribution in [0.2, 0.25) is 5.02 Å². The number of anilines is 1. The van der Waals surface area contributed by atoms with Crippen LogP contribution in [0.15, 0.2) is 58.0 Å². The maximum absolute atomic E-state index is 13.9. The molecule has 0 spiro atoms. The van der Waals surface area contributed by atoms with E-state index < -0.39 is 27.3 Å². The first-order valence-electron chi connectivity index (χ1n) is 6.88. The van der Waals surface area contributed by atoms with E-state index in [-0.39, 0.29) is 9.37 Å². The van der Waals surface area contributed by atoms with Gasteiger partial charge in [-0.05, 0) is 34.1 Å². The number of hydrogen-bond acceptors (Lipinski definition) is 2. The van der Waals surface area contributed by atoms with Gasteiger partial charge in [0, 0.05) is 28.5 Å². The SMILES string of the molecule is O=S(=O)(Nc1cc(F)c(Br)cc1F)c1c[nH]c(-c2ccccc2Cl)c1. The third kappa shape index (κ3) is 3.70. The van der Waals surface area contributed by atoms with Crippen molar-refractivity contribution in [2.24, 2.45) is 0 Å². The Labute approximate surface area is 156 Å². The van der Waals surface area contributed by atoms with Crippen LogP contribution in [0.3, 0.4) is 0 Å². The van der Waals surface area contributed by atoms with Gasteiger partial charge in [-0.3, -0.25) is 4.72 Å². The number of hydrogen-bond donors (Lipinski definition) is 2. The Bertz CT molecular complexity index is 1050. The van der Waals surface area contributed by atoms with Gasteiger partial charge in [0.2, 0.25) is 0 Å². The minimum Gasteiger partial charge on any atom is -0.360 e. The fraction of sp³-hybridized carbons (Fsp3) is 0. The number of aromatic nitrogens is 1. The Hall–Kier alpha value is -1.90. The Morgan fingerprint density at radius 3 is 2.52 bits per heavy atom. The van der Waals surface area contributed by atoms with Crippen LogP contribution < -0.4 is 4.72 Å². The summed E-state index contributed by atoms with van der Waals surface area (Å²) in [5.41, 5.74) is 0.612. The molecule has 0 aliphatic rings. The van der Waals surface area contributed by atoms with E-state index in [1.807, 2.05) is 4.72 Å². The smallest absolute Gasteiger partial charge is 0.263 e. The zero-order valence-corrected chi connectivity index (χ0v) is 15.5. The molecule has 9 heteroatoms. The van der Waals surface area contributed by atoms with Gasteiger partial charge in [0.1, 0.15) is 16.5 Å². The first-order valence-corrected chi connectivity index (χ1v) is 9.54. The van der Waals surface area contributed by atoms with Crippen LogP contribution >= 0.6 is 27.5 Å². The van der Waals surface area contributed by atoms with Gasteiger partial charge in [0.15, 0.2) is 0 Å². The van der Waals surface area contributed by atoms with E-state index in [1.165, 1.54) is 12.3 Å². The van der Waals surface area contributed by atoms with Crippen molar-refractivity contribution in [3.8, 4) is 11.3 Å². The Morgan fingerprint density at radius 2 is 1.80 bits per heavy atom. The lowest BCUT2D eigenvalue weighted by Crippen LogP contribution is -2.13. The van der Waals surface area contributed by atoms with Crippen molar-refractivity contribution < 1.29 is 17.2 Å². The molecule has 2 N–H and O–H groups in total. The lowest BCUT2D eigenvalue weighted by molar-refractivity contribution is 0.592. The van der Waals surface area contributed by atoms with Gasteiger partial charge in [-0.2, -0.15) is 0 Å². The second kappa shape index (κ2) is 6.78. The van der Waals surface area contributed by atoms with E-state index in [9.17, 15) is 17.2 Å². The van der Waals surface area contributed by atoms with Crippen LogP contribution in [0, 0.1) is 11.6 Å². The van der Waals surface area contributed by atoms with Crippen LogP contribution in [0.1, 0.15) is 0 Å². The number of H-pyrrole nitrogens is 1. The molecular formula is C16H10BrClF2N2O2S. The molecule has 0 atom stereocenters. The molecule has 0 aliphatic carbocycles. The highest BCUT2D eigenvalue weighted by Gasteiger charge is 2.20. The number of sulfonamides is 1. The predicted molar refractivity (Wildman–Crippen MR) is 96.1 cm³/mol. The standard InChI is InChI=1S/C16H10BrClF2N2O2S/c17-11-6-14(20)16(7-13(11)19)22-25(23,24)9-5-15(21-8-9)10-3-1-2-4-12(10)18/h1-8,21-22H. The van der Waals surface area contributed by atoms with Crippen molar-refractivity contribution in [1.82, 2.24) is 4.98 Å². The van der Waals surface area contributed by atoms with E-state index in [2.05, 4.69) is 20.9 Å². The number of rotatable bonds is 4. The van der Waals surface area contributed by atoms with Gasteiger partial charge < -0.3 is 4.98 Å². The van der Waals surface area contributed by atoms with Crippen molar-refractivity contribution in [2.45, 2.75) is 4.90 Å². The van der Waals surface area contributed by atoms with Gasteiger partial charge in [-0.1, -0.05) is 29.8 Å². The minimum atomic E-state index is -4.11. The summed E-state index contributed by atoms with van der Waals surface area (Å²) in [6.07, 6.45) is 1.24. The van der Waals surface area contributed by atoms with E-state index in [0.717, 1.165) is 12.1 Å². The van der Waals surface area contributed by atoms with Crippen LogP contribution in [0.25, 0.3) is 11.3 Å². The number of nitrogens with one attached hydrogen (secondary N) is 2. The summed E-state index contributed by atoms with van der Waals surface area (Å²) in [6.45, 7) is 0. The van der Waals surface area contributed by atoms with Crippen molar-refractivity contribution in [3.05, 3.63) is 69.8 Å². The molecule has 4 nitrogen and oxygen atoms in total. The molecule has 1 heterocycles. The lowest BCUT2D eigenvalue weighted by atomic mass is 10.1. The van der Waals surface area contributed by atoms with Gasteiger partial charge in [-0.25, -0.2) is 17.2 Å². The zero-order valence-electron chi connectivity index (χ0n) is 12.4. The van der Waals surface area contributed by atoms with Crippen molar-refractivity contribution >= 4 is 43.2 Å². The monoisotopic (exact) mass is 446 g/mol. The Kier molecular flexibility index (Phi) is 4.86. The highest BCUT2D eigenvalue weighted by molar-refractivity contribution is 9.10. The van der Waals surface area contributed by atoms with E-state index in [4.69, 9.17) is 11.6 Å². The molecule has 0 saturated carbocycles. The van der Waals surface area contributed by atoms with Crippen molar-refractivity contribution in [2.75, 3.05) is 4.72 Å². The summed E-state index contributed by atoms with van der Waals surface area (Å²) >= 11 is 8.92. The molecular weight excluding hydrogens is 438 g/mol. The summed E-state index contributed by atoms with van der Waals surface area (Å²) in [5, 5.41) is 0.447. The largest absolute Gasteiger partial charge is 0.360 e. The molecule has 0 saturated heterocycles. The van der Waals surface area contributed by atoms with Gasteiger partial charge in [-0.15, -0.1) is 0 Å². The fourth-order valence-electron chi connectivity index (χ4n) is 2.17. The maximum Gasteiger partial charge on any atom is 0.263 e. The van der Waals surface area contributed by atoms with Gasteiger partial charge in [0.25, 0.3) is 10.0 Å². The molecule has 0 amide bonds. The molecule has 3 aromatic rings. The van der Waals surface area contributed by atoms with Gasteiger partial charge in [0.05, 0.1) is 10.2 Å². The first-order chi connectivity index (χ1) is 11.8. The topological polar surface area (TPSA) is 62.0 Å². The molecule has 0 unspecified atom stereocenters. The van der Waals surface area contributed by atoms with Crippen LogP contribution in [0.4, 0.5) is 14.5 Å². The molecule has 1 aromatic heterocycles. The normalized spacial score (nSPS) is 11.5. The van der Waals surface area contributed by atoms with Crippen LogP contribution in [0.5, 0.6) is 0 Å². The molecule has 0 radical (unpaired) electrons. The maximum atomic E-state index is 13.9. The third-order valence-electron chi connectivity index (χ3n) is 3.39. The summed E-state index contributed by atoms with van der Waals surface area (Å²) in [5.74, 6) is -1.69. The number of halogens is 4. The number of benzene rings is 2. The summed E-state index contributed by atoms with van der Waals surface area (Å²) in [4.78, 5) is 2.68. The molecule has 3 rings (SSSR count). The van der Waals surface area contributed by atoms with Crippen molar-refractivity contribution in [3.63, 3.8) is 0 Å². The second-order valence-corrected chi connectivity index (χ2v) is 8.02. The molecule has 2 aromatic carbocycles. The lowest BCUT2D eigenvalue weighted by Gasteiger charge is -2.08. The Morgan fingerprint density at radius 1 is 1.08 bits per heavy atom. The Balaban J connectivity index is 1.94. The van der Waals surface area contributed by atoms with E-state index in [1.54, 1.807) is 24.3 Å². The summed E-state index contributed by atoms with van der Waals surface area (Å²) in [6, 6.07) is 9.87. The average molecular weight is 448 g/mol. The fourth-order valence-corrected chi connectivity index (χ4v) is 3.77. The van der Waals surface area contributed by atoms with Crippen LogP contribution in [-0.4, -0.2) is 13.4 Å². The molecule has 0 bridgehead atoms. The van der Waals surface area contributed by atoms with Gasteiger partial charge >= 0.3 is 0 Å². The molecule has 0 fully saturated rings. The summed E-state index contributed by atoms with van der Waals surface area (Å²) in [7, 11) is -4.11. The first kappa shape index (κ1) is 17.9. The van der Waals surface area contributed by atoms with E-state index in [0.29, 0.717) is 16.3 Å². The molecule has 25 heavy (non-hydrogen) atoms. The van der Waals surface area contributed by atoms with E-state index >= 15 is 0 Å². The highest BCUT2D eigenvalue weighted by Crippen LogP contribution is 2.30. The summed E-state index contributed by atoms with van der Waals surface area (Å²) < 4.78 is 54.2. The second-order valence-electron chi connectivity index (χ2n) is 5.08. The third-order valence-corrected chi connectivity index (χ3v) is 5.67. The van der Waals surface area contributed by atoms with Crippen LogP contribution in [-0.2, 0) is 10.0 Å². The number of aromatic amines is 1. The highest BCUT2D eigenvalue weighted by atomic mass is 79.9. The quantitative estimate of drug-likeness (QED) is 0.542. The molecule has 130 valence electrons. The molecule has 0 aliphatic heterocycles. The minimum absolute atomic E-state index is 0.101.